The van der Waals surface area contributed by atoms with Crippen LogP contribution >= 0.6 is 11.8 Å². The molecule has 0 radical (unpaired) electrons. The molecule has 2 nitrogen and oxygen atoms in total. The highest BCUT2D eigenvalue weighted by atomic mass is 32.2. The Labute approximate surface area is 82.5 Å². The summed E-state index contributed by atoms with van der Waals surface area (Å²) >= 11 is 1.70. The van der Waals surface area contributed by atoms with Crippen LogP contribution in [-0.4, -0.2) is 18.1 Å². The molecule has 1 rings (SSSR count). The highest BCUT2D eigenvalue weighted by Gasteiger charge is 1.98. The summed E-state index contributed by atoms with van der Waals surface area (Å²) in [5.41, 5.74) is 6.14. The molecule has 0 aliphatic heterocycles. The predicted octanol–water partition coefficient (Wildman–Crippen LogP) is 1.94. The summed E-state index contributed by atoms with van der Waals surface area (Å²) in [6.07, 6.45) is 0. The van der Waals surface area contributed by atoms with Crippen molar-refractivity contribution in [1.82, 2.24) is 0 Å². The normalized spacial score (nSPS) is 10.0. The second kappa shape index (κ2) is 5.04. The van der Waals surface area contributed by atoms with Crippen molar-refractivity contribution < 1.29 is 4.79 Å². The fourth-order valence-electron chi connectivity index (χ4n) is 0.963. The van der Waals surface area contributed by atoms with Crippen molar-refractivity contribution >= 4 is 17.5 Å². The number of nitrogens with two attached hydrogens (primary N) is 1. The minimum atomic E-state index is 0.107. The Morgan fingerprint density at radius 2 is 2.00 bits per heavy atom. The SMILES string of the molecule is CC(=O)c1ccc(SCCN)cc1. The van der Waals surface area contributed by atoms with Crippen molar-refractivity contribution in [3.63, 3.8) is 0 Å². The largest absolute Gasteiger partial charge is 0.330 e. The van der Waals surface area contributed by atoms with E-state index >= 15 is 0 Å². The molecule has 0 saturated carbocycles. The van der Waals surface area contributed by atoms with Crippen molar-refractivity contribution in [3.8, 4) is 0 Å². The second-order valence-electron chi connectivity index (χ2n) is 2.72. The van der Waals surface area contributed by atoms with Gasteiger partial charge in [0, 0.05) is 22.8 Å². The minimum absolute atomic E-state index is 0.107. The summed E-state index contributed by atoms with van der Waals surface area (Å²) in [6.45, 7) is 2.25. The molecule has 70 valence electrons. The van der Waals surface area contributed by atoms with Crippen molar-refractivity contribution in [2.75, 3.05) is 12.3 Å². The molecule has 0 bridgehead atoms. The van der Waals surface area contributed by atoms with Gasteiger partial charge in [0.2, 0.25) is 0 Å². The van der Waals surface area contributed by atoms with Crippen LogP contribution in [0.25, 0.3) is 0 Å². The van der Waals surface area contributed by atoms with Crippen LogP contribution in [0.2, 0.25) is 0 Å². The average Bonchev–Trinajstić information content (AvgIpc) is 2.15. The molecular weight excluding hydrogens is 182 g/mol. The number of Topliss-reactive ketones (excluding diaryl/α,β-unsaturated/α-hetero) is 1. The van der Waals surface area contributed by atoms with E-state index in [-0.39, 0.29) is 5.78 Å². The van der Waals surface area contributed by atoms with Gasteiger partial charge >= 0.3 is 0 Å². The van der Waals surface area contributed by atoms with Crippen molar-refractivity contribution in [2.45, 2.75) is 11.8 Å². The first-order valence-corrected chi connectivity index (χ1v) is 5.16. The second-order valence-corrected chi connectivity index (χ2v) is 3.89. The first kappa shape index (κ1) is 10.3. The molecule has 1 aromatic carbocycles. The van der Waals surface area contributed by atoms with Crippen LogP contribution in [0.5, 0.6) is 0 Å². The summed E-state index contributed by atoms with van der Waals surface area (Å²) in [7, 11) is 0. The molecule has 0 amide bonds. The number of carbonyl (C=O) groups excluding carboxylic acids is 1. The van der Waals surface area contributed by atoms with Crippen LogP contribution in [0.3, 0.4) is 0 Å². The van der Waals surface area contributed by atoms with Gasteiger partial charge in [0.1, 0.15) is 0 Å². The van der Waals surface area contributed by atoms with E-state index in [4.69, 9.17) is 5.73 Å². The Bertz CT molecular complexity index is 281. The van der Waals surface area contributed by atoms with E-state index in [0.29, 0.717) is 6.54 Å². The first-order valence-electron chi connectivity index (χ1n) is 4.18. The fraction of sp³-hybridized carbons (Fsp3) is 0.300. The van der Waals surface area contributed by atoms with Gasteiger partial charge in [0.15, 0.2) is 5.78 Å². The molecular formula is C10H13NOS. The van der Waals surface area contributed by atoms with Crippen molar-refractivity contribution in [2.24, 2.45) is 5.73 Å². The smallest absolute Gasteiger partial charge is 0.159 e. The van der Waals surface area contributed by atoms with E-state index in [0.717, 1.165) is 16.2 Å². The summed E-state index contributed by atoms with van der Waals surface area (Å²) in [5, 5.41) is 0. The molecule has 1 aromatic rings. The molecule has 0 aliphatic rings. The maximum atomic E-state index is 10.9. The molecule has 0 heterocycles. The van der Waals surface area contributed by atoms with Gasteiger partial charge in [0.25, 0.3) is 0 Å². The quantitative estimate of drug-likeness (QED) is 0.590. The van der Waals surface area contributed by atoms with E-state index < -0.39 is 0 Å². The Kier molecular flexibility index (Phi) is 3.99. The Morgan fingerprint density at radius 3 is 2.46 bits per heavy atom. The highest BCUT2D eigenvalue weighted by Crippen LogP contribution is 2.17. The lowest BCUT2D eigenvalue weighted by molar-refractivity contribution is 0.101. The molecule has 0 aromatic heterocycles. The highest BCUT2D eigenvalue weighted by molar-refractivity contribution is 7.99. The zero-order valence-electron chi connectivity index (χ0n) is 7.62. The molecule has 0 fully saturated rings. The van der Waals surface area contributed by atoms with Gasteiger partial charge in [-0.05, 0) is 19.1 Å². The molecule has 3 heteroatoms. The number of ketones is 1. The van der Waals surface area contributed by atoms with Gasteiger partial charge in [-0.25, -0.2) is 0 Å². The zero-order chi connectivity index (χ0) is 9.68. The van der Waals surface area contributed by atoms with Gasteiger partial charge < -0.3 is 5.73 Å². The zero-order valence-corrected chi connectivity index (χ0v) is 8.43. The molecule has 0 atom stereocenters. The maximum absolute atomic E-state index is 10.9. The van der Waals surface area contributed by atoms with E-state index in [2.05, 4.69) is 0 Å². The van der Waals surface area contributed by atoms with Gasteiger partial charge in [0.05, 0.1) is 0 Å². The number of rotatable bonds is 4. The number of hydrogen-bond acceptors (Lipinski definition) is 3. The monoisotopic (exact) mass is 195 g/mol. The van der Waals surface area contributed by atoms with Gasteiger partial charge in [-0.1, -0.05) is 12.1 Å². The first-order chi connectivity index (χ1) is 6.24. The molecule has 0 saturated heterocycles. The lowest BCUT2D eigenvalue weighted by atomic mass is 10.2. The molecule has 13 heavy (non-hydrogen) atoms. The standard InChI is InChI=1S/C10H13NOS/c1-8(12)9-2-4-10(5-3-9)13-7-6-11/h2-5H,6-7,11H2,1H3. The Hall–Kier alpha value is -0.800. The lowest BCUT2D eigenvalue weighted by Crippen LogP contribution is -2.00. The predicted molar refractivity (Wildman–Crippen MR) is 56.2 cm³/mol. The van der Waals surface area contributed by atoms with E-state index in [1.807, 2.05) is 24.3 Å². The van der Waals surface area contributed by atoms with Crippen LogP contribution in [0.4, 0.5) is 0 Å². The Morgan fingerprint density at radius 1 is 1.38 bits per heavy atom. The van der Waals surface area contributed by atoms with Crippen LogP contribution in [-0.2, 0) is 0 Å². The van der Waals surface area contributed by atoms with Crippen molar-refractivity contribution in [3.05, 3.63) is 29.8 Å². The molecule has 0 unspecified atom stereocenters. The summed E-state index contributed by atoms with van der Waals surface area (Å²) in [5.74, 6) is 1.02. The maximum Gasteiger partial charge on any atom is 0.159 e. The van der Waals surface area contributed by atoms with Crippen LogP contribution in [0.15, 0.2) is 29.2 Å². The topological polar surface area (TPSA) is 43.1 Å². The van der Waals surface area contributed by atoms with Crippen molar-refractivity contribution in [1.29, 1.82) is 0 Å². The third-order valence-corrected chi connectivity index (χ3v) is 2.69. The average molecular weight is 195 g/mol. The van der Waals surface area contributed by atoms with Gasteiger partial charge in [-0.3, -0.25) is 4.79 Å². The Balaban J connectivity index is 2.64. The molecule has 0 aliphatic carbocycles. The van der Waals surface area contributed by atoms with Crippen LogP contribution in [0, 0.1) is 0 Å². The third-order valence-electron chi connectivity index (χ3n) is 1.65. The van der Waals surface area contributed by atoms with E-state index in [9.17, 15) is 4.79 Å². The minimum Gasteiger partial charge on any atom is -0.330 e. The van der Waals surface area contributed by atoms with Gasteiger partial charge in [-0.2, -0.15) is 0 Å². The summed E-state index contributed by atoms with van der Waals surface area (Å²) in [4.78, 5) is 12.1. The fourth-order valence-corrected chi connectivity index (χ4v) is 1.64. The number of thioether (sulfide) groups is 1. The van der Waals surface area contributed by atoms with Gasteiger partial charge in [-0.15, -0.1) is 11.8 Å². The summed E-state index contributed by atoms with van der Waals surface area (Å²) < 4.78 is 0. The van der Waals surface area contributed by atoms with E-state index in [1.165, 1.54) is 0 Å². The number of carbonyl (C=O) groups is 1. The van der Waals surface area contributed by atoms with Crippen LogP contribution < -0.4 is 5.73 Å². The molecule has 0 spiro atoms. The third kappa shape index (κ3) is 3.20. The lowest BCUT2D eigenvalue weighted by Gasteiger charge is -2.00. The number of hydrogen-bond donors (Lipinski definition) is 1. The number of benzene rings is 1. The van der Waals surface area contributed by atoms with E-state index in [1.54, 1.807) is 18.7 Å². The van der Waals surface area contributed by atoms with Crippen LogP contribution in [0.1, 0.15) is 17.3 Å². The molecule has 2 N–H and O–H groups in total. The summed E-state index contributed by atoms with van der Waals surface area (Å²) in [6, 6.07) is 7.61.